The summed E-state index contributed by atoms with van der Waals surface area (Å²) in [5, 5.41) is 0. The number of halogens is 1. The van der Waals surface area contributed by atoms with Gasteiger partial charge in [-0.2, -0.15) is 0 Å². The first-order valence-corrected chi connectivity index (χ1v) is 14.0. The van der Waals surface area contributed by atoms with E-state index in [0.717, 1.165) is 82.9 Å². The standard InChI is InChI=1S/C30H38FN3O4/c1-36-14-3-11-32-19-30(20-32)10-13-33(21-30)28-8-5-23(17-27(28)31)34-12-9-22-16-24(6-7-26(22)29(34)35)38-18-25-4-2-15-37-25/h5-8,16-17,25H,2-4,9-15,18-21H2,1H3/t25-/m0/s1. The molecular formula is C30H38FN3O4. The minimum absolute atomic E-state index is 0.0905. The number of carbonyl (C=O) groups is 1. The van der Waals surface area contributed by atoms with Gasteiger partial charge in [0.2, 0.25) is 0 Å². The fourth-order valence-electron chi connectivity index (χ4n) is 6.58. The molecule has 6 rings (SSSR count). The number of amides is 1. The number of nitrogens with zero attached hydrogens (tertiary/aromatic N) is 3. The first-order valence-electron chi connectivity index (χ1n) is 14.0. The van der Waals surface area contributed by atoms with Crippen LogP contribution in [0, 0.1) is 11.2 Å². The Kier molecular flexibility index (Phi) is 7.29. The smallest absolute Gasteiger partial charge is 0.258 e. The van der Waals surface area contributed by atoms with Crippen molar-refractivity contribution in [2.45, 2.75) is 38.2 Å². The molecule has 4 aliphatic rings. The van der Waals surface area contributed by atoms with E-state index < -0.39 is 0 Å². The summed E-state index contributed by atoms with van der Waals surface area (Å²) in [6, 6.07) is 10.9. The van der Waals surface area contributed by atoms with Crippen LogP contribution < -0.4 is 14.5 Å². The summed E-state index contributed by atoms with van der Waals surface area (Å²) in [5.74, 6) is 0.420. The molecule has 4 heterocycles. The van der Waals surface area contributed by atoms with Gasteiger partial charge in [-0.25, -0.2) is 4.39 Å². The zero-order chi connectivity index (χ0) is 26.1. The summed E-state index contributed by atoms with van der Waals surface area (Å²) in [5.41, 5.74) is 3.17. The van der Waals surface area contributed by atoms with Gasteiger partial charge in [0.05, 0.1) is 11.8 Å². The van der Waals surface area contributed by atoms with Gasteiger partial charge in [-0.1, -0.05) is 0 Å². The molecule has 1 spiro atoms. The lowest BCUT2D eigenvalue weighted by Gasteiger charge is -2.48. The van der Waals surface area contributed by atoms with E-state index in [2.05, 4.69) is 9.80 Å². The van der Waals surface area contributed by atoms with Crippen molar-refractivity contribution in [1.29, 1.82) is 0 Å². The van der Waals surface area contributed by atoms with Crippen molar-refractivity contribution in [3.05, 3.63) is 53.3 Å². The minimum atomic E-state index is -0.257. The molecule has 0 aromatic heterocycles. The molecule has 0 saturated carbocycles. The van der Waals surface area contributed by atoms with Crippen molar-refractivity contribution >= 4 is 17.3 Å². The molecule has 0 aliphatic carbocycles. The van der Waals surface area contributed by atoms with Gasteiger partial charge in [-0.05, 0) is 74.1 Å². The Hall–Kier alpha value is -2.68. The van der Waals surface area contributed by atoms with Crippen LogP contribution >= 0.6 is 0 Å². The lowest BCUT2D eigenvalue weighted by atomic mass is 9.79. The lowest BCUT2D eigenvalue weighted by molar-refractivity contribution is 0.0127. The van der Waals surface area contributed by atoms with Gasteiger partial charge < -0.3 is 28.9 Å². The fraction of sp³-hybridized carbons (Fsp3) is 0.567. The van der Waals surface area contributed by atoms with Crippen molar-refractivity contribution in [3.8, 4) is 5.75 Å². The molecule has 0 unspecified atom stereocenters. The molecule has 4 aliphatic heterocycles. The SMILES string of the molecule is COCCCN1CC2(CCN(c3ccc(N4CCc5cc(OC[C@@H]6CCCO6)ccc5C4=O)cc3F)C2)C1. The number of rotatable bonds is 9. The number of carbonyl (C=O) groups excluding carboxylic acids is 1. The average Bonchev–Trinajstić information content (AvgIpc) is 3.58. The maximum absolute atomic E-state index is 15.4. The largest absolute Gasteiger partial charge is 0.491 e. The maximum Gasteiger partial charge on any atom is 0.258 e. The Bertz CT molecular complexity index is 1160. The van der Waals surface area contributed by atoms with Crippen molar-refractivity contribution in [2.24, 2.45) is 5.41 Å². The molecule has 2 aromatic carbocycles. The van der Waals surface area contributed by atoms with Crippen LogP contribution in [-0.4, -0.2) is 83.1 Å². The van der Waals surface area contributed by atoms with Gasteiger partial charge in [0.15, 0.2) is 0 Å². The summed E-state index contributed by atoms with van der Waals surface area (Å²) < 4.78 is 32.1. The molecule has 0 radical (unpaired) electrons. The van der Waals surface area contributed by atoms with E-state index in [0.29, 0.717) is 36.5 Å². The third-order valence-electron chi connectivity index (χ3n) is 8.58. The van der Waals surface area contributed by atoms with Gasteiger partial charge in [-0.15, -0.1) is 0 Å². The van der Waals surface area contributed by atoms with Crippen molar-refractivity contribution < 1.29 is 23.4 Å². The highest BCUT2D eigenvalue weighted by atomic mass is 19.1. The van der Waals surface area contributed by atoms with Crippen molar-refractivity contribution in [1.82, 2.24) is 4.90 Å². The predicted molar refractivity (Wildman–Crippen MR) is 145 cm³/mol. The maximum atomic E-state index is 15.4. The highest BCUT2D eigenvalue weighted by Gasteiger charge is 2.47. The Balaban J connectivity index is 1.07. The van der Waals surface area contributed by atoms with Gasteiger partial charge >= 0.3 is 0 Å². The van der Waals surface area contributed by atoms with Gasteiger partial charge in [0.25, 0.3) is 5.91 Å². The summed E-state index contributed by atoms with van der Waals surface area (Å²) in [6.45, 7) is 7.63. The van der Waals surface area contributed by atoms with E-state index in [1.165, 1.54) is 6.07 Å². The molecule has 1 atom stereocenters. The third-order valence-corrected chi connectivity index (χ3v) is 8.58. The molecule has 204 valence electrons. The van der Waals surface area contributed by atoms with Crippen molar-refractivity contribution in [2.75, 3.05) is 76.0 Å². The molecule has 0 bridgehead atoms. The number of likely N-dealkylation sites (tertiary alicyclic amines) is 1. The Labute approximate surface area is 224 Å². The summed E-state index contributed by atoms with van der Waals surface area (Å²) in [4.78, 5) is 19.7. The van der Waals surface area contributed by atoms with Crippen LogP contribution in [0.3, 0.4) is 0 Å². The van der Waals surface area contributed by atoms with E-state index in [9.17, 15) is 4.79 Å². The Morgan fingerprint density at radius 1 is 1.13 bits per heavy atom. The van der Waals surface area contributed by atoms with E-state index in [4.69, 9.17) is 14.2 Å². The van der Waals surface area contributed by atoms with Crippen LogP contribution in [0.15, 0.2) is 36.4 Å². The third kappa shape index (κ3) is 5.14. The number of anilines is 2. The second-order valence-electron chi connectivity index (χ2n) is 11.3. The molecule has 38 heavy (non-hydrogen) atoms. The number of methoxy groups -OCH3 is 1. The molecular weight excluding hydrogens is 485 g/mol. The normalized spacial score (nSPS) is 22.7. The molecule has 3 saturated heterocycles. The zero-order valence-electron chi connectivity index (χ0n) is 22.3. The first-order chi connectivity index (χ1) is 18.5. The Morgan fingerprint density at radius 3 is 2.82 bits per heavy atom. The summed E-state index contributed by atoms with van der Waals surface area (Å²) >= 11 is 0. The number of hydrogen-bond donors (Lipinski definition) is 0. The minimum Gasteiger partial charge on any atom is -0.491 e. The molecule has 8 heteroatoms. The Morgan fingerprint density at radius 2 is 2.03 bits per heavy atom. The number of benzene rings is 2. The topological polar surface area (TPSA) is 54.5 Å². The highest BCUT2D eigenvalue weighted by Crippen LogP contribution is 2.42. The van der Waals surface area contributed by atoms with Gasteiger partial charge in [0.1, 0.15) is 18.2 Å². The molecule has 2 aromatic rings. The number of ether oxygens (including phenoxy) is 3. The van der Waals surface area contributed by atoms with Gasteiger partial charge in [-0.3, -0.25) is 4.79 Å². The van der Waals surface area contributed by atoms with Crippen LogP contribution in [0.25, 0.3) is 0 Å². The fourth-order valence-corrected chi connectivity index (χ4v) is 6.58. The van der Waals surface area contributed by atoms with Crippen LogP contribution in [-0.2, 0) is 15.9 Å². The second-order valence-corrected chi connectivity index (χ2v) is 11.3. The quantitative estimate of drug-likeness (QED) is 0.461. The van der Waals surface area contributed by atoms with E-state index in [1.54, 1.807) is 12.0 Å². The first kappa shape index (κ1) is 25.6. The van der Waals surface area contributed by atoms with Crippen molar-refractivity contribution in [3.63, 3.8) is 0 Å². The van der Waals surface area contributed by atoms with Crippen LogP contribution in [0.2, 0.25) is 0 Å². The molecule has 0 N–H and O–H groups in total. The second kappa shape index (κ2) is 10.8. The number of fused-ring (bicyclic) bond motifs is 1. The van der Waals surface area contributed by atoms with Gasteiger partial charge in [0, 0.05) is 76.3 Å². The molecule has 7 nitrogen and oxygen atoms in total. The zero-order valence-corrected chi connectivity index (χ0v) is 22.3. The van der Waals surface area contributed by atoms with E-state index in [-0.39, 0.29) is 23.2 Å². The summed E-state index contributed by atoms with van der Waals surface area (Å²) in [6.07, 6.45) is 5.11. The monoisotopic (exact) mass is 523 g/mol. The predicted octanol–water partition coefficient (Wildman–Crippen LogP) is 4.14. The van der Waals surface area contributed by atoms with E-state index in [1.807, 2.05) is 30.3 Å². The van der Waals surface area contributed by atoms with E-state index >= 15 is 4.39 Å². The lowest BCUT2D eigenvalue weighted by Crippen LogP contribution is -2.57. The molecule has 3 fully saturated rings. The van der Waals surface area contributed by atoms with Crippen LogP contribution in [0.1, 0.15) is 41.6 Å². The average molecular weight is 524 g/mol. The number of hydrogen-bond acceptors (Lipinski definition) is 6. The summed E-state index contributed by atoms with van der Waals surface area (Å²) in [7, 11) is 1.74. The highest BCUT2D eigenvalue weighted by molar-refractivity contribution is 6.08. The van der Waals surface area contributed by atoms with Crippen LogP contribution in [0.5, 0.6) is 5.75 Å². The van der Waals surface area contributed by atoms with Crippen LogP contribution in [0.4, 0.5) is 15.8 Å². The molecule has 1 amide bonds.